The number of anilines is 1. The number of carbonyl (C=O) groups excluding carboxylic acids is 1. The molecule has 0 spiro atoms. The Morgan fingerprint density at radius 1 is 1.44 bits per heavy atom. The molecular weight excluding hydrogens is 243 g/mol. The van der Waals surface area contributed by atoms with Crippen molar-refractivity contribution in [3.8, 4) is 0 Å². The zero-order valence-corrected chi connectivity index (χ0v) is 9.61. The molecule has 0 radical (unpaired) electrons. The lowest BCUT2D eigenvalue weighted by atomic mass is 10.2. The van der Waals surface area contributed by atoms with Crippen LogP contribution in [0.5, 0.6) is 0 Å². The third-order valence-corrected chi connectivity index (χ3v) is 2.20. The van der Waals surface area contributed by atoms with E-state index in [1.165, 1.54) is 12.1 Å². The lowest BCUT2D eigenvalue weighted by Gasteiger charge is -2.11. The van der Waals surface area contributed by atoms with Crippen LogP contribution in [-0.2, 0) is 4.79 Å². The number of carboxylic acids is 1. The molecule has 0 bridgehead atoms. The van der Waals surface area contributed by atoms with Gasteiger partial charge in [0.1, 0.15) is 5.82 Å². The summed E-state index contributed by atoms with van der Waals surface area (Å²) in [6.45, 7) is 1.15. The van der Waals surface area contributed by atoms with Gasteiger partial charge in [-0.25, -0.2) is 14.0 Å². The van der Waals surface area contributed by atoms with Gasteiger partial charge in [-0.15, -0.1) is 0 Å². The van der Waals surface area contributed by atoms with Gasteiger partial charge in [-0.3, -0.25) is 0 Å². The molecule has 2 amide bonds. The number of nitrogens with one attached hydrogen (secondary N) is 2. The molecule has 0 aliphatic heterocycles. The number of aliphatic hydroxyl groups is 1. The summed E-state index contributed by atoms with van der Waals surface area (Å²) in [7, 11) is 0. The molecule has 6 nitrogen and oxygen atoms in total. The highest BCUT2D eigenvalue weighted by atomic mass is 19.1. The van der Waals surface area contributed by atoms with E-state index in [2.05, 4.69) is 10.6 Å². The third kappa shape index (κ3) is 3.70. The van der Waals surface area contributed by atoms with E-state index in [-0.39, 0.29) is 5.69 Å². The number of aliphatic carboxylic acids is 1. The first-order valence-electron chi connectivity index (χ1n) is 5.12. The minimum atomic E-state index is -1.70. The molecule has 1 rings (SSSR count). The summed E-state index contributed by atoms with van der Waals surface area (Å²) in [5.74, 6) is -2.04. The Bertz CT molecular complexity index is 444. The van der Waals surface area contributed by atoms with Crippen molar-refractivity contribution in [2.75, 3.05) is 11.9 Å². The molecule has 98 valence electrons. The number of halogens is 1. The van der Waals surface area contributed by atoms with E-state index in [4.69, 9.17) is 10.2 Å². The summed E-state index contributed by atoms with van der Waals surface area (Å²) in [5.41, 5.74) is 0.545. The van der Waals surface area contributed by atoms with Crippen LogP contribution in [0.3, 0.4) is 0 Å². The van der Waals surface area contributed by atoms with E-state index < -0.39 is 30.5 Å². The van der Waals surface area contributed by atoms with Crippen molar-refractivity contribution in [2.45, 2.75) is 13.0 Å². The largest absolute Gasteiger partial charge is 0.479 e. The zero-order chi connectivity index (χ0) is 13.7. The summed E-state index contributed by atoms with van der Waals surface area (Å²) in [5, 5.41) is 21.7. The van der Waals surface area contributed by atoms with Crippen molar-refractivity contribution in [1.29, 1.82) is 0 Å². The average Bonchev–Trinajstić information content (AvgIpc) is 2.30. The highest BCUT2D eigenvalue weighted by Gasteiger charge is 2.15. The van der Waals surface area contributed by atoms with E-state index in [0.29, 0.717) is 5.56 Å². The number of aliphatic hydroxyl groups excluding tert-OH is 1. The molecule has 1 unspecified atom stereocenters. The summed E-state index contributed by atoms with van der Waals surface area (Å²) in [6.07, 6.45) is -1.70. The van der Waals surface area contributed by atoms with Crippen LogP contribution in [0, 0.1) is 12.7 Å². The second kappa shape index (κ2) is 5.97. The Labute approximate surface area is 102 Å². The maximum atomic E-state index is 13.4. The molecule has 0 fully saturated rings. The van der Waals surface area contributed by atoms with Crippen molar-refractivity contribution < 1.29 is 24.2 Å². The van der Waals surface area contributed by atoms with E-state index in [0.717, 1.165) is 0 Å². The standard InChI is InChI=1S/C11H13FN2O4/c1-6-3-2-4-7(12)9(6)14-11(18)13-5-8(15)10(16)17/h2-4,8,15H,5H2,1H3,(H,16,17)(H2,13,14,18). The number of rotatable bonds is 4. The van der Waals surface area contributed by atoms with Gasteiger partial charge in [0.2, 0.25) is 0 Å². The SMILES string of the molecule is Cc1cccc(F)c1NC(=O)NCC(O)C(=O)O. The second-order valence-corrected chi connectivity index (χ2v) is 3.62. The van der Waals surface area contributed by atoms with Gasteiger partial charge in [-0.2, -0.15) is 0 Å². The van der Waals surface area contributed by atoms with Crippen molar-refractivity contribution in [3.63, 3.8) is 0 Å². The van der Waals surface area contributed by atoms with Crippen LogP contribution in [0.1, 0.15) is 5.56 Å². The molecule has 4 N–H and O–H groups in total. The van der Waals surface area contributed by atoms with Crippen molar-refractivity contribution in [1.82, 2.24) is 5.32 Å². The van der Waals surface area contributed by atoms with Gasteiger partial charge < -0.3 is 20.8 Å². The number of carboxylic acid groups (broad SMARTS) is 1. The topological polar surface area (TPSA) is 98.7 Å². The average molecular weight is 256 g/mol. The number of amides is 2. The third-order valence-electron chi connectivity index (χ3n) is 2.20. The van der Waals surface area contributed by atoms with Crippen molar-refractivity contribution in [2.24, 2.45) is 0 Å². The van der Waals surface area contributed by atoms with Crippen LogP contribution in [0.15, 0.2) is 18.2 Å². The fourth-order valence-corrected chi connectivity index (χ4v) is 1.22. The normalized spacial score (nSPS) is 11.7. The number of hydrogen-bond acceptors (Lipinski definition) is 3. The number of benzene rings is 1. The minimum Gasteiger partial charge on any atom is -0.479 e. The fourth-order valence-electron chi connectivity index (χ4n) is 1.22. The zero-order valence-electron chi connectivity index (χ0n) is 9.61. The number of hydrogen-bond donors (Lipinski definition) is 4. The Morgan fingerprint density at radius 2 is 2.11 bits per heavy atom. The summed E-state index contributed by atoms with van der Waals surface area (Å²) >= 11 is 0. The predicted octanol–water partition coefficient (Wildman–Crippen LogP) is 0.701. The Hall–Kier alpha value is -2.15. The molecule has 18 heavy (non-hydrogen) atoms. The summed E-state index contributed by atoms with van der Waals surface area (Å²) in [4.78, 5) is 21.6. The lowest BCUT2D eigenvalue weighted by molar-refractivity contribution is -0.146. The van der Waals surface area contributed by atoms with Gasteiger partial charge in [-0.1, -0.05) is 12.1 Å². The molecule has 0 saturated heterocycles. The van der Waals surface area contributed by atoms with E-state index in [9.17, 15) is 14.0 Å². The first-order chi connectivity index (χ1) is 8.41. The molecule has 7 heteroatoms. The highest BCUT2D eigenvalue weighted by Crippen LogP contribution is 2.18. The molecule has 1 atom stereocenters. The van der Waals surface area contributed by atoms with Crippen LogP contribution >= 0.6 is 0 Å². The van der Waals surface area contributed by atoms with E-state index in [1.807, 2.05) is 0 Å². The van der Waals surface area contributed by atoms with Crippen molar-refractivity contribution >= 4 is 17.7 Å². The van der Waals surface area contributed by atoms with Gasteiger partial charge >= 0.3 is 12.0 Å². The lowest BCUT2D eigenvalue weighted by Crippen LogP contribution is -2.38. The molecule has 1 aromatic carbocycles. The predicted molar refractivity (Wildman–Crippen MR) is 61.8 cm³/mol. The smallest absolute Gasteiger partial charge is 0.334 e. The van der Waals surface area contributed by atoms with Gasteiger partial charge in [0.15, 0.2) is 6.10 Å². The monoisotopic (exact) mass is 256 g/mol. The molecule has 0 aromatic heterocycles. The van der Waals surface area contributed by atoms with E-state index in [1.54, 1.807) is 13.0 Å². The van der Waals surface area contributed by atoms with Crippen LogP contribution in [0.25, 0.3) is 0 Å². The van der Waals surface area contributed by atoms with E-state index >= 15 is 0 Å². The fraction of sp³-hybridized carbons (Fsp3) is 0.273. The minimum absolute atomic E-state index is 0.0137. The van der Waals surface area contributed by atoms with Gasteiger partial charge in [0.25, 0.3) is 0 Å². The Balaban J connectivity index is 2.58. The van der Waals surface area contributed by atoms with Crippen LogP contribution in [-0.4, -0.2) is 34.9 Å². The highest BCUT2D eigenvalue weighted by molar-refractivity contribution is 5.90. The maximum absolute atomic E-state index is 13.4. The summed E-state index contributed by atoms with van der Waals surface area (Å²) < 4.78 is 13.4. The van der Waals surface area contributed by atoms with Crippen molar-refractivity contribution in [3.05, 3.63) is 29.6 Å². The van der Waals surface area contributed by atoms with Crippen LogP contribution < -0.4 is 10.6 Å². The first-order valence-corrected chi connectivity index (χ1v) is 5.12. The molecule has 0 aliphatic carbocycles. The quantitative estimate of drug-likeness (QED) is 0.637. The Morgan fingerprint density at radius 3 is 2.67 bits per heavy atom. The Kier molecular flexibility index (Phi) is 4.61. The van der Waals surface area contributed by atoms with Gasteiger partial charge in [0, 0.05) is 0 Å². The van der Waals surface area contributed by atoms with Gasteiger partial charge in [-0.05, 0) is 18.6 Å². The number of aryl methyl sites for hydroxylation is 1. The maximum Gasteiger partial charge on any atom is 0.334 e. The molecular formula is C11H13FN2O4. The van der Waals surface area contributed by atoms with Gasteiger partial charge in [0.05, 0.1) is 12.2 Å². The number of urea groups is 1. The second-order valence-electron chi connectivity index (χ2n) is 3.62. The van der Waals surface area contributed by atoms with Crippen LogP contribution in [0.2, 0.25) is 0 Å². The number of para-hydroxylation sites is 1. The molecule has 0 aliphatic rings. The molecule has 1 aromatic rings. The van der Waals surface area contributed by atoms with Crippen LogP contribution in [0.4, 0.5) is 14.9 Å². The number of carbonyl (C=O) groups is 2. The first kappa shape index (κ1) is 13.9. The summed E-state index contributed by atoms with van der Waals surface area (Å²) in [6, 6.07) is 3.52. The molecule has 0 heterocycles. The molecule has 0 saturated carbocycles.